The molecule has 5 heteroatoms. The summed E-state index contributed by atoms with van der Waals surface area (Å²) in [7, 11) is 0. The van der Waals surface area contributed by atoms with E-state index < -0.39 is 23.5 Å². The third kappa shape index (κ3) is 4.72. The first-order chi connectivity index (χ1) is 9.10. The SMILES string of the molecule is Cc1ccc(C(=O)N[C@@H](C(=O)OC(C)(C)C)C(C)C)o1. The van der Waals surface area contributed by atoms with Gasteiger partial charge in [0.05, 0.1) is 0 Å². The van der Waals surface area contributed by atoms with Crippen LogP contribution in [0.25, 0.3) is 0 Å². The molecule has 1 rings (SSSR count). The highest BCUT2D eigenvalue weighted by molar-refractivity contribution is 5.94. The largest absolute Gasteiger partial charge is 0.458 e. The smallest absolute Gasteiger partial charge is 0.329 e. The molecule has 0 aliphatic carbocycles. The second kappa shape index (κ2) is 6.11. The van der Waals surface area contributed by atoms with Gasteiger partial charge < -0.3 is 14.5 Å². The molecule has 0 saturated carbocycles. The van der Waals surface area contributed by atoms with Crippen LogP contribution in [0, 0.1) is 12.8 Å². The number of aryl methyl sites for hydroxylation is 1. The highest BCUT2D eigenvalue weighted by atomic mass is 16.6. The Balaban J connectivity index is 2.77. The van der Waals surface area contributed by atoms with Gasteiger partial charge in [-0.3, -0.25) is 4.79 Å². The van der Waals surface area contributed by atoms with Crippen molar-refractivity contribution in [3.63, 3.8) is 0 Å². The van der Waals surface area contributed by atoms with E-state index in [1.165, 1.54) is 0 Å². The zero-order valence-corrected chi connectivity index (χ0v) is 12.9. The fourth-order valence-electron chi connectivity index (χ4n) is 1.63. The molecular weight excluding hydrogens is 258 g/mol. The van der Waals surface area contributed by atoms with E-state index in [-0.39, 0.29) is 11.7 Å². The van der Waals surface area contributed by atoms with Crippen molar-refractivity contribution in [1.82, 2.24) is 5.32 Å². The minimum absolute atomic E-state index is 0.0788. The van der Waals surface area contributed by atoms with Gasteiger partial charge in [0.15, 0.2) is 5.76 Å². The lowest BCUT2D eigenvalue weighted by Crippen LogP contribution is -2.47. The van der Waals surface area contributed by atoms with Crippen molar-refractivity contribution in [2.45, 2.75) is 53.2 Å². The van der Waals surface area contributed by atoms with Crippen molar-refractivity contribution in [3.05, 3.63) is 23.7 Å². The third-order valence-electron chi connectivity index (χ3n) is 2.58. The molecule has 0 aliphatic rings. The molecule has 1 aromatic heterocycles. The van der Waals surface area contributed by atoms with E-state index in [1.807, 2.05) is 13.8 Å². The minimum Gasteiger partial charge on any atom is -0.458 e. The molecular formula is C15H23NO4. The van der Waals surface area contributed by atoms with Crippen molar-refractivity contribution in [3.8, 4) is 0 Å². The van der Waals surface area contributed by atoms with Gasteiger partial charge >= 0.3 is 5.97 Å². The van der Waals surface area contributed by atoms with Crippen molar-refractivity contribution in [2.24, 2.45) is 5.92 Å². The first-order valence-corrected chi connectivity index (χ1v) is 6.70. The number of furan rings is 1. The van der Waals surface area contributed by atoms with Gasteiger partial charge in [0.1, 0.15) is 17.4 Å². The summed E-state index contributed by atoms with van der Waals surface area (Å²) < 4.78 is 10.6. The van der Waals surface area contributed by atoms with Crippen molar-refractivity contribution in [1.29, 1.82) is 0 Å². The van der Waals surface area contributed by atoms with Gasteiger partial charge in [-0.1, -0.05) is 13.8 Å². The molecule has 20 heavy (non-hydrogen) atoms. The number of rotatable bonds is 4. The Hall–Kier alpha value is -1.78. The van der Waals surface area contributed by atoms with Crippen LogP contribution in [0.15, 0.2) is 16.5 Å². The van der Waals surface area contributed by atoms with E-state index in [4.69, 9.17) is 9.15 Å². The predicted octanol–water partition coefficient (Wildman–Crippen LogP) is 2.68. The maximum absolute atomic E-state index is 12.1. The highest BCUT2D eigenvalue weighted by Gasteiger charge is 2.30. The van der Waals surface area contributed by atoms with Crippen molar-refractivity contribution >= 4 is 11.9 Å². The Morgan fingerprint density at radius 1 is 1.25 bits per heavy atom. The van der Waals surface area contributed by atoms with Crippen LogP contribution in [0.2, 0.25) is 0 Å². The average Bonchev–Trinajstić information content (AvgIpc) is 2.69. The molecule has 1 N–H and O–H groups in total. The Morgan fingerprint density at radius 2 is 1.85 bits per heavy atom. The monoisotopic (exact) mass is 281 g/mol. The number of ether oxygens (including phenoxy) is 1. The number of carbonyl (C=O) groups is 2. The molecule has 1 aromatic rings. The average molecular weight is 281 g/mol. The van der Waals surface area contributed by atoms with Gasteiger partial charge in [-0.2, -0.15) is 0 Å². The van der Waals surface area contributed by atoms with Crippen LogP contribution in [-0.4, -0.2) is 23.5 Å². The highest BCUT2D eigenvalue weighted by Crippen LogP contribution is 2.13. The number of amides is 1. The van der Waals surface area contributed by atoms with Crippen molar-refractivity contribution in [2.75, 3.05) is 0 Å². The minimum atomic E-state index is -0.702. The Morgan fingerprint density at radius 3 is 2.25 bits per heavy atom. The third-order valence-corrected chi connectivity index (χ3v) is 2.58. The van der Waals surface area contributed by atoms with Gasteiger partial charge in [0.2, 0.25) is 0 Å². The molecule has 1 atom stereocenters. The molecule has 0 saturated heterocycles. The molecule has 112 valence electrons. The van der Waals surface area contributed by atoms with E-state index in [0.717, 1.165) is 0 Å². The second-order valence-corrected chi connectivity index (χ2v) is 6.14. The maximum atomic E-state index is 12.1. The predicted molar refractivity (Wildman–Crippen MR) is 75.4 cm³/mol. The fraction of sp³-hybridized carbons (Fsp3) is 0.600. The number of nitrogens with one attached hydrogen (secondary N) is 1. The lowest BCUT2D eigenvalue weighted by Gasteiger charge is -2.26. The normalized spacial score (nSPS) is 13.2. The topological polar surface area (TPSA) is 68.5 Å². The van der Waals surface area contributed by atoms with E-state index >= 15 is 0 Å². The molecule has 0 aliphatic heterocycles. The number of hydrogen-bond acceptors (Lipinski definition) is 4. The summed E-state index contributed by atoms with van der Waals surface area (Å²) in [5.41, 5.74) is -0.587. The van der Waals surface area contributed by atoms with Crippen molar-refractivity contribution < 1.29 is 18.7 Å². The summed E-state index contributed by atoms with van der Waals surface area (Å²) in [5.74, 6) is -0.0955. The fourth-order valence-corrected chi connectivity index (χ4v) is 1.63. The molecule has 0 bridgehead atoms. The van der Waals surface area contributed by atoms with E-state index in [1.54, 1.807) is 39.8 Å². The Bertz CT molecular complexity index is 482. The van der Waals surface area contributed by atoms with Crippen LogP contribution >= 0.6 is 0 Å². The summed E-state index contributed by atoms with van der Waals surface area (Å²) in [6.07, 6.45) is 0. The van der Waals surface area contributed by atoms with Crippen LogP contribution in [0.1, 0.15) is 50.9 Å². The molecule has 0 fully saturated rings. The molecule has 0 unspecified atom stereocenters. The van der Waals surface area contributed by atoms with E-state index in [0.29, 0.717) is 5.76 Å². The van der Waals surface area contributed by atoms with E-state index in [2.05, 4.69) is 5.32 Å². The van der Waals surface area contributed by atoms with Crippen LogP contribution in [-0.2, 0) is 9.53 Å². The molecule has 1 amide bonds. The molecule has 0 aromatic carbocycles. The summed E-state index contributed by atoms with van der Waals surface area (Å²) >= 11 is 0. The first kappa shape index (κ1) is 16.3. The standard InChI is InChI=1S/C15H23NO4/c1-9(2)12(14(18)20-15(4,5)6)16-13(17)11-8-7-10(3)19-11/h7-9,12H,1-6H3,(H,16,17)/t12-/m1/s1. The summed E-state index contributed by atoms with van der Waals surface area (Å²) in [5, 5.41) is 2.66. The van der Waals surface area contributed by atoms with Gasteiger partial charge in [-0.05, 0) is 45.7 Å². The number of esters is 1. The zero-order valence-electron chi connectivity index (χ0n) is 12.9. The number of hydrogen-bond donors (Lipinski definition) is 1. The molecule has 0 radical (unpaired) electrons. The molecule has 1 heterocycles. The van der Waals surface area contributed by atoms with Gasteiger partial charge in [0, 0.05) is 0 Å². The second-order valence-electron chi connectivity index (χ2n) is 6.14. The summed E-state index contributed by atoms with van der Waals surface area (Å²) in [6.45, 7) is 10.8. The van der Waals surface area contributed by atoms with Gasteiger partial charge in [0.25, 0.3) is 5.91 Å². The Labute approximate surface area is 119 Å². The van der Waals surface area contributed by atoms with Crippen LogP contribution in [0.5, 0.6) is 0 Å². The summed E-state index contributed by atoms with van der Waals surface area (Å²) in [6, 6.07) is 2.58. The summed E-state index contributed by atoms with van der Waals surface area (Å²) in [4.78, 5) is 24.1. The zero-order chi connectivity index (χ0) is 15.5. The van der Waals surface area contributed by atoms with E-state index in [9.17, 15) is 9.59 Å². The maximum Gasteiger partial charge on any atom is 0.329 e. The van der Waals surface area contributed by atoms with Gasteiger partial charge in [-0.15, -0.1) is 0 Å². The Kier molecular flexibility index (Phi) is 4.98. The lowest BCUT2D eigenvalue weighted by molar-refractivity contribution is -0.158. The van der Waals surface area contributed by atoms with Gasteiger partial charge in [-0.25, -0.2) is 4.79 Å². The van der Waals surface area contributed by atoms with Crippen LogP contribution in [0.4, 0.5) is 0 Å². The van der Waals surface area contributed by atoms with Crippen LogP contribution in [0.3, 0.4) is 0 Å². The van der Waals surface area contributed by atoms with Crippen LogP contribution < -0.4 is 5.32 Å². The molecule has 5 nitrogen and oxygen atoms in total. The molecule has 0 spiro atoms. The quantitative estimate of drug-likeness (QED) is 0.861. The number of carbonyl (C=O) groups excluding carboxylic acids is 2. The first-order valence-electron chi connectivity index (χ1n) is 6.70. The lowest BCUT2D eigenvalue weighted by atomic mass is 10.0.